The zero-order valence-electron chi connectivity index (χ0n) is 18.7. The minimum Gasteiger partial charge on any atom is -0.379 e. The molecule has 1 aliphatic carbocycles. The van der Waals surface area contributed by atoms with Gasteiger partial charge in [-0.25, -0.2) is 9.97 Å². The molecule has 6 rings (SSSR count). The number of ether oxygens (including phenoxy) is 1. The molecule has 1 saturated carbocycles. The van der Waals surface area contributed by atoms with Gasteiger partial charge in [-0.15, -0.1) is 11.3 Å². The van der Waals surface area contributed by atoms with Crippen LogP contribution in [-0.2, 0) is 4.74 Å². The average molecular weight is 452 g/mol. The molecule has 0 bridgehead atoms. The Hall–Kier alpha value is -1.80. The number of fused-ring (bicyclic) bond motifs is 1. The predicted molar refractivity (Wildman–Crippen MR) is 129 cm³/mol. The highest BCUT2D eigenvalue weighted by atomic mass is 32.1. The first-order chi connectivity index (χ1) is 15.8. The van der Waals surface area contributed by atoms with E-state index in [0.29, 0.717) is 11.8 Å². The third-order valence-electron chi connectivity index (χ3n) is 7.77. The van der Waals surface area contributed by atoms with Crippen molar-refractivity contribution in [3.63, 3.8) is 0 Å². The fraction of sp³-hybridized carbons (Fsp3) is 0.600. The zero-order chi connectivity index (χ0) is 21.3. The Morgan fingerprint density at radius 2 is 1.81 bits per heavy atom. The first-order valence-corrected chi connectivity index (χ1v) is 13.2. The quantitative estimate of drug-likeness (QED) is 0.611. The fourth-order valence-corrected chi connectivity index (χ4v) is 6.83. The molecule has 0 unspecified atom stereocenters. The molecule has 3 aromatic heterocycles. The summed E-state index contributed by atoms with van der Waals surface area (Å²) in [6, 6.07) is 3.12. The van der Waals surface area contributed by atoms with Gasteiger partial charge in [-0.2, -0.15) is 0 Å². The molecular weight excluding hydrogens is 418 g/mol. The third kappa shape index (κ3) is 4.12. The van der Waals surface area contributed by atoms with Crippen molar-refractivity contribution >= 4 is 22.4 Å². The lowest BCUT2D eigenvalue weighted by atomic mass is 9.81. The van der Waals surface area contributed by atoms with E-state index >= 15 is 0 Å². The number of pyridine rings is 1. The topological polar surface area (TPSA) is 66.1 Å². The van der Waals surface area contributed by atoms with E-state index in [9.17, 15) is 0 Å². The molecule has 3 aromatic rings. The molecule has 2 aliphatic heterocycles. The second kappa shape index (κ2) is 9.21. The molecule has 7 heteroatoms. The van der Waals surface area contributed by atoms with Crippen LogP contribution in [0.3, 0.4) is 0 Å². The van der Waals surface area contributed by atoms with Crippen molar-refractivity contribution in [1.29, 1.82) is 0 Å². The SMILES string of the molecule is c1nc2[nH]cc(-c3csc(C4CCNCC4)n3)c2cc1C1CCC(N2CCOCC2)CC1. The minimum atomic E-state index is 0.607. The second-order valence-electron chi connectivity index (χ2n) is 9.62. The van der Waals surface area contributed by atoms with E-state index in [4.69, 9.17) is 14.7 Å². The van der Waals surface area contributed by atoms with E-state index in [1.54, 1.807) is 0 Å². The molecule has 5 heterocycles. The first kappa shape index (κ1) is 20.8. The summed E-state index contributed by atoms with van der Waals surface area (Å²) in [6.45, 7) is 6.20. The number of aromatic nitrogens is 3. The molecule has 6 nitrogen and oxygen atoms in total. The molecule has 0 atom stereocenters. The number of morpholine rings is 1. The van der Waals surface area contributed by atoms with E-state index in [0.717, 1.165) is 56.8 Å². The lowest BCUT2D eigenvalue weighted by molar-refractivity contribution is 0.00729. The summed E-state index contributed by atoms with van der Waals surface area (Å²) in [5, 5.41) is 8.21. The molecule has 0 amide bonds. The molecular formula is C25H33N5OS. The first-order valence-electron chi connectivity index (χ1n) is 12.3. The van der Waals surface area contributed by atoms with Crippen LogP contribution >= 0.6 is 11.3 Å². The van der Waals surface area contributed by atoms with Gasteiger partial charge in [-0.3, -0.25) is 4.90 Å². The lowest BCUT2D eigenvalue weighted by Gasteiger charge is -2.38. The van der Waals surface area contributed by atoms with Gasteiger partial charge in [0, 0.05) is 53.8 Å². The Bertz CT molecular complexity index is 1040. The minimum absolute atomic E-state index is 0.607. The zero-order valence-corrected chi connectivity index (χ0v) is 19.5. The van der Waals surface area contributed by atoms with Crippen molar-refractivity contribution in [2.24, 2.45) is 0 Å². The third-order valence-corrected chi connectivity index (χ3v) is 8.78. The Kier molecular flexibility index (Phi) is 5.98. The summed E-state index contributed by atoms with van der Waals surface area (Å²) in [7, 11) is 0. The van der Waals surface area contributed by atoms with Crippen LogP contribution in [0.15, 0.2) is 23.8 Å². The predicted octanol–water partition coefficient (Wildman–Crippen LogP) is 4.51. The largest absolute Gasteiger partial charge is 0.379 e. The van der Waals surface area contributed by atoms with Crippen molar-refractivity contribution in [2.45, 2.75) is 56.4 Å². The smallest absolute Gasteiger partial charge is 0.137 e. The summed E-state index contributed by atoms with van der Waals surface area (Å²) in [4.78, 5) is 15.9. The van der Waals surface area contributed by atoms with E-state index in [1.165, 1.54) is 60.0 Å². The van der Waals surface area contributed by atoms with Crippen LogP contribution in [0.1, 0.15) is 60.9 Å². The van der Waals surface area contributed by atoms with E-state index in [2.05, 4.69) is 39.0 Å². The standard InChI is InChI=1S/C25H33N5OS/c1-3-20(30-9-11-31-12-10-30)4-2-17(1)19-13-21-22(15-28-24(21)27-14-19)23-16-32-25(29-23)18-5-7-26-8-6-18/h13-18,20,26H,1-12H2,(H,27,28). The van der Waals surface area contributed by atoms with Gasteiger partial charge in [0.25, 0.3) is 0 Å². The molecule has 170 valence electrons. The van der Waals surface area contributed by atoms with Gasteiger partial charge in [-0.1, -0.05) is 0 Å². The molecule has 0 aromatic carbocycles. The van der Waals surface area contributed by atoms with Crippen molar-refractivity contribution in [1.82, 2.24) is 25.2 Å². The maximum atomic E-state index is 5.54. The van der Waals surface area contributed by atoms with Crippen LogP contribution in [0.2, 0.25) is 0 Å². The highest BCUT2D eigenvalue weighted by molar-refractivity contribution is 7.10. The summed E-state index contributed by atoms with van der Waals surface area (Å²) >= 11 is 1.82. The van der Waals surface area contributed by atoms with Crippen LogP contribution < -0.4 is 5.32 Å². The maximum absolute atomic E-state index is 5.54. The molecule has 2 saturated heterocycles. The number of piperidine rings is 1. The van der Waals surface area contributed by atoms with Crippen molar-refractivity contribution < 1.29 is 4.74 Å². The highest BCUT2D eigenvalue weighted by Gasteiger charge is 2.28. The number of nitrogens with zero attached hydrogens (tertiary/aromatic N) is 3. The summed E-state index contributed by atoms with van der Waals surface area (Å²) in [5.74, 6) is 1.23. The molecule has 3 aliphatic rings. The normalized spacial score (nSPS) is 26.0. The molecule has 0 radical (unpaired) electrons. The number of H-pyrrole nitrogens is 1. The summed E-state index contributed by atoms with van der Waals surface area (Å²) in [6.07, 6.45) is 11.7. The number of hydrogen-bond acceptors (Lipinski definition) is 6. The van der Waals surface area contributed by atoms with Gasteiger partial charge in [0.2, 0.25) is 0 Å². The van der Waals surface area contributed by atoms with Crippen LogP contribution in [0.5, 0.6) is 0 Å². The maximum Gasteiger partial charge on any atom is 0.137 e. The number of thiazole rings is 1. The monoisotopic (exact) mass is 451 g/mol. The van der Waals surface area contributed by atoms with Crippen molar-refractivity contribution in [3.8, 4) is 11.3 Å². The number of aromatic amines is 1. The van der Waals surface area contributed by atoms with Crippen LogP contribution in [-0.4, -0.2) is 65.3 Å². The van der Waals surface area contributed by atoms with Gasteiger partial charge < -0.3 is 15.0 Å². The highest BCUT2D eigenvalue weighted by Crippen LogP contribution is 2.38. The Labute approximate surface area is 193 Å². The van der Waals surface area contributed by atoms with Gasteiger partial charge in [0.15, 0.2) is 0 Å². The van der Waals surface area contributed by atoms with E-state index < -0.39 is 0 Å². The fourth-order valence-electron chi connectivity index (χ4n) is 5.84. The number of rotatable bonds is 4. The average Bonchev–Trinajstić information content (AvgIpc) is 3.52. The Morgan fingerprint density at radius 1 is 1.00 bits per heavy atom. The van der Waals surface area contributed by atoms with E-state index in [-0.39, 0.29) is 0 Å². The van der Waals surface area contributed by atoms with Crippen LogP contribution in [0.4, 0.5) is 0 Å². The number of hydrogen-bond donors (Lipinski definition) is 2. The Morgan fingerprint density at radius 3 is 2.62 bits per heavy atom. The van der Waals surface area contributed by atoms with Crippen molar-refractivity contribution in [3.05, 3.63) is 34.4 Å². The number of nitrogens with one attached hydrogen (secondary N) is 2. The van der Waals surface area contributed by atoms with Crippen LogP contribution in [0.25, 0.3) is 22.3 Å². The van der Waals surface area contributed by atoms with Gasteiger partial charge in [0.05, 0.1) is 23.9 Å². The second-order valence-corrected chi connectivity index (χ2v) is 10.5. The molecule has 0 spiro atoms. The van der Waals surface area contributed by atoms with E-state index in [1.807, 2.05) is 11.3 Å². The summed E-state index contributed by atoms with van der Waals surface area (Å²) in [5.41, 5.74) is 4.67. The Balaban J connectivity index is 1.19. The van der Waals surface area contributed by atoms with Gasteiger partial charge >= 0.3 is 0 Å². The van der Waals surface area contributed by atoms with Crippen LogP contribution in [0, 0.1) is 0 Å². The van der Waals surface area contributed by atoms with Crippen molar-refractivity contribution in [2.75, 3.05) is 39.4 Å². The molecule has 32 heavy (non-hydrogen) atoms. The van der Waals surface area contributed by atoms with Gasteiger partial charge in [-0.05, 0) is 69.2 Å². The van der Waals surface area contributed by atoms with Gasteiger partial charge in [0.1, 0.15) is 5.65 Å². The molecule has 2 N–H and O–H groups in total. The lowest BCUT2D eigenvalue weighted by Crippen LogP contribution is -2.44. The summed E-state index contributed by atoms with van der Waals surface area (Å²) < 4.78 is 5.54. The molecule has 3 fully saturated rings.